The van der Waals surface area contributed by atoms with E-state index < -0.39 is 0 Å². The second kappa shape index (κ2) is 6.44. The Morgan fingerprint density at radius 1 is 1.41 bits per heavy atom. The lowest BCUT2D eigenvalue weighted by Gasteiger charge is -2.32. The Labute approximate surface area is 108 Å². The molecule has 1 aromatic heterocycles. The fourth-order valence-corrected chi connectivity index (χ4v) is 2.72. The second-order valence-corrected chi connectivity index (χ2v) is 5.62. The molecule has 1 aromatic rings. The normalized spacial score (nSPS) is 20.6. The van der Waals surface area contributed by atoms with Crippen molar-refractivity contribution < 1.29 is 0 Å². The molecule has 2 rings (SSSR count). The zero-order valence-corrected chi connectivity index (χ0v) is 11.5. The predicted molar refractivity (Wildman–Crippen MR) is 72.5 cm³/mol. The minimum atomic E-state index is 0.377. The van der Waals surface area contributed by atoms with Gasteiger partial charge in [-0.05, 0) is 14.0 Å². The van der Waals surface area contributed by atoms with Crippen LogP contribution in [0.2, 0.25) is 0 Å². The van der Waals surface area contributed by atoms with E-state index in [0.29, 0.717) is 6.04 Å². The molecule has 1 N–H and O–H groups in total. The van der Waals surface area contributed by atoms with Gasteiger partial charge in [0.05, 0.1) is 6.04 Å². The highest BCUT2D eigenvalue weighted by atomic mass is 32.1. The Balaban J connectivity index is 1.63. The van der Waals surface area contributed by atoms with Crippen LogP contribution in [0, 0.1) is 0 Å². The van der Waals surface area contributed by atoms with Crippen LogP contribution in [0.1, 0.15) is 18.0 Å². The van der Waals surface area contributed by atoms with Crippen LogP contribution in [-0.4, -0.2) is 61.1 Å². The van der Waals surface area contributed by atoms with Crippen molar-refractivity contribution >= 4 is 11.3 Å². The minimum absolute atomic E-state index is 0.377. The van der Waals surface area contributed by atoms with E-state index in [1.807, 2.05) is 11.6 Å². The van der Waals surface area contributed by atoms with Crippen LogP contribution in [0.15, 0.2) is 11.6 Å². The number of rotatable bonds is 5. The van der Waals surface area contributed by atoms with Gasteiger partial charge in [0.25, 0.3) is 0 Å². The summed E-state index contributed by atoms with van der Waals surface area (Å²) >= 11 is 1.72. The molecule has 0 spiro atoms. The van der Waals surface area contributed by atoms with Crippen LogP contribution in [0.3, 0.4) is 0 Å². The molecule has 1 fully saturated rings. The molecule has 1 atom stereocenters. The molecule has 0 aliphatic carbocycles. The molecule has 4 nitrogen and oxygen atoms in total. The third-order valence-corrected chi connectivity index (χ3v) is 4.25. The second-order valence-electron chi connectivity index (χ2n) is 4.69. The molecule has 5 heteroatoms. The van der Waals surface area contributed by atoms with E-state index in [4.69, 9.17) is 0 Å². The highest BCUT2D eigenvalue weighted by molar-refractivity contribution is 7.09. The van der Waals surface area contributed by atoms with Gasteiger partial charge in [-0.2, -0.15) is 0 Å². The Bertz CT molecular complexity index is 306. The first-order chi connectivity index (χ1) is 8.25. The molecule has 0 amide bonds. The maximum absolute atomic E-state index is 4.33. The number of aromatic nitrogens is 1. The zero-order valence-electron chi connectivity index (χ0n) is 10.7. The third-order valence-electron chi connectivity index (χ3n) is 3.30. The van der Waals surface area contributed by atoms with E-state index in [1.165, 1.54) is 31.2 Å². The lowest BCUT2D eigenvalue weighted by Crippen LogP contribution is -2.46. The Hall–Kier alpha value is -0.490. The van der Waals surface area contributed by atoms with E-state index in [1.54, 1.807) is 11.3 Å². The molecule has 0 saturated carbocycles. The molecule has 1 saturated heterocycles. The zero-order chi connectivity index (χ0) is 12.1. The number of hydrogen-bond donors (Lipinski definition) is 1. The fourth-order valence-electron chi connectivity index (χ4n) is 2.05. The molecule has 1 unspecified atom stereocenters. The molecule has 17 heavy (non-hydrogen) atoms. The summed E-state index contributed by atoms with van der Waals surface area (Å²) in [6, 6.07) is 0.377. The largest absolute Gasteiger partial charge is 0.307 e. The van der Waals surface area contributed by atoms with E-state index in [2.05, 4.69) is 34.1 Å². The maximum Gasteiger partial charge on any atom is 0.109 e. The van der Waals surface area contributed by atoms with E-state index in [-0.39, 0.29) is 0 Å². The summed E-state index contributed by atoms with van der Waals surface area (Å²) < 4.78 is 0. The van der Waals surface area contributed by atoms with Gasteiger partial charge in [0.2, 0.25) is 0 Å². The van der Waals surface area contributed by atoms with Crippen molar-refractivity contribution in [1.29, 1.82) is 0 Å². The highest BCUT2D eigenvalue weighted by Gasteiger charge is 2.13. The SMILES string of the molecule is CC(NCCN1CCN(C)CC1)c1nccs1. The van der Waals surface area contributed by atoms with Gasteiger partial charge in [-0.3, -0.25) is 4.90 Å². The Morgan fingerprint density at radius 3 is 2.82 bits per heavy atom. The number of nitrogens with zero attached hydrogens (tertiary/aromatic N) is 3. The lowest BCUT2D eigenvalue weighted by molar-refractivity contribution is 0.154. The van der Waals surface area contributed by atoms with Gasteiger partial charge in [0, 0.05) is 50.8 Å². The van der Waals surface area contributed by atoms with Crippen LogP contribution in [0.25, 0.3) is 0 Å². The van der Waals surface area contributed by atoms with Crippen LogP contribution < -0.4 is 5.32 Å². The molecule has 0 bridgehead atoms. The molecule has 96 valence electrons. The van der Waals surface area contributed by atoms with Gasteiger partial charge >= 0.3 is 0 Å². The highest BCUT2D eigenvalue weighted by Crippen LogP contribution is 2.14. The number of likely N-dealkylation sites (N-methyl/N-ethyl adjacent to an activating group) is 1. The topological polar surface area (TPSA) is 31.4 Å². The first kappa shape index (κ1) is 13.0. The molecule has 1 aliphatic rings. The molecule has 2 heterocycles. The van der Waals surface area contributed by atoms with Gasteiger partial charge in [-0.1, -0.05) is 0 Å². The average Bonchev–Trinajstić information content (AvgIpc) is 2.85. The minimum Gasteiger partial charge on any atom is -0.307 e. The smallest absolute Gasteiger partial charge is 0.109 e. The van der Waals surface area contributed by atoms with Crippen molar-refractivity contribution in [2.75, 3.05) is 46.3 Å². The van der Waals surface area contributed by atoms with E-state index in [9.17, 15) is 0 Å². The lowest BCUT2D eigenvalue weighted by atomic mass is 10.3. The van der Waals surface area contributed by atoms with Gasteiger partial charge < -0.3 is 10.2 Å². The number of hydrogen-bond acceptors (Lipinski definition) is 5. The number of thiazole rings is 1. The summed E-state index contributed by atoms with van der Waals surface area (Å²) in [5.41, 5.74) is 0. The maximum atomic E-state index is 4.33. The average molecular weight is 254 g/mol. The first-order valence-electron chi connectivity index (χ1n) is 6.29. The van der Waals surface area contributed by atoms with Crippen molar-refractivity contribution in [1.82, 2.24) is 20.1 Å². The van der Waals surface area contributed by atoms with E-state index >= 15 is 0 Å². The van der Waals surface area contributed by atoms with Gasteiger partial charge in [0.1, 0.15) is 5.01 Å². The fraction of sp³-hybridized carbons (Fsp3) is 0.750. The molecule has 0 radical (unpaired) electrons. The van der Waals surface area contributed by atoms with Crippen molar-refractivity contribution in [3.05, 3.63) is 16.6 Å². The molecular weight excluding hydrogens is 232 g/mol. The monoisotopic (exact) mass is 254 g/mol. The first-order valence-corrected chi connectivity index (χ1v) is 7.17. The summed E-state index contributed by atoms with van der Waals surface area (Å²) in [5.74, 6) is 0. The molecule has 0 aromatic carbocycles. The predicted octanol–water partition coefficient (Wildman–Crippen LogP) is 1.04. The van der Waals surface area contributed by atoms with Crippen molar-refractivity contribution in [2.24, 2.45) is 0 Å². The molecule has 1 aliphatic heterocycles. The van der Waals surface area contributed by atoms with Gasteiger partial charge in [-0.25, -0.2) is 4.98 Å². The van der Waals surface area contributed by atoms with Gasteiger partial charge in [0.15, 0.2) is 0 Å². The summed E-state index contributed by atoms with van der Waals surface area (Å²) in [6.45, 7) is 9.16. The third kappa shape index (κ3) is 4.03. The number of piperazine rings is 1. The van der Waals surface area contributed by atoms with Crippen LogP contribution in [-0.2, 0) is 0 Å². The summed E-state index contributed by atoms with van der Waals surface area (Å²) in [4.78, 5) is 9.25. The quantitative estimate of drug-likeness (QED) is 0.851. The number of nitrogens with one attached hydrogen (secondary N) is 1. The standard InChI is InChI=1S/C12H22N4S/c1-11(12-14-4-10-17-12)13-3-5-16-8-6-15(2)7-9-16/h4,10-11,13H,3,5-9H2,1-2H3. The summed E-state index contributed by atoms with van der Waals surface area (Å²) in [7, 11) is 2.19. The van der Waals surface area contributed by atoms with E-state index in [0.717, 1.165) is 13.1 Å². The Kier molecular flexibility index (Phi) is 4.91. The van der Waals surface area contributed by atoms with Crippen LogP contribution in [0.5, 0.6) is 0 Å². The van der Waals surface area contributed by atoms with Crippen LogP contribution in [0.4, 0.5) is 0 Å². The van der Waals surface area contributed by atoms with Crippen LogP contribution >= 0.6 is 11.3 Å². The summed E-state index contributed by atoms with van der Waals surface area (Å²) in [5, 5.41) is 6.76. The van der Waals surface area contributed by atoms with Crippen molar-refractivity contribution in [3.63, 3.8) is 0 Å². The van der Waals surface area contributed by atoms with Crippen molar-refractivity contribution in [2.45, 2.75) is 13.0 Å². The molecular formula is C12H22N4S. The Morgan fingerprint density at radius 2 is 2.18 bits per heavy atom. The van der Waals surface area contributed by atoms with Crippen molar-refractivity contribution in [3.8, 4) is 0 Å². The van der Waals surface area contributed by atoms with Gasteiger partial charge in [-0.15, -0.1) is 11.3 Å². The summed E-state index contributed by atoms with van der Waals surface area (Å²) in [6.07, 6.45) is 1.87.